The lowest BCUT2D eigenvalue weighted by atomic mass is 9.80. The van der Waals surface area contributed by atoms with Gasteiger partial charge in [-0.25, -0.2) is 9.59 Å². The van der Waals surface area contributed by atoms with E-state index < -0.39 is 11.9 Å². The van der Waals surface area contributed by atoms with Crippen LogP contribution in [-0.2, 0) is 51.4 Å². The highest BCUT2D eigenvalue weighted by atomic mass is 16.4. The fourth-order valence-corrected chi connectivity index (χ4v) is 8.38. The molecular weight excluding hydrogens is 544 g/mol. The van der Waals surface area contributed by atoms with Crippen LogP contribution in [-0.4, -0.2) is 22.2 Å². The molecule has 0 spiro atoms. The Labute approximate surface area is 261 Å². The van der Waals surface area contributed by atoms with Gasteiger partial charge in [-0.2, -0.15) is 0 Å². The maximum absolute atomic E-state index is 12.6. The van der Waals surface area contributed by atoms with E-state index in [0.29, 0.717) is 24.0 Å². The summed E-state index contributed by atoms with van der Waals surface area (Å²) in [5.74, 6) is -2.36. The minimum absolute atomic E-state index is 0.0669. The zero-order valence-corrected chi connectivity index (χ0v) is 27.7. The second kappa shape index (κ2) is 12.2. The molecule has 0 aliphatic rings. The van der Waals surface area contributed by atoms with Gasteiger partial charge < -0.3 is 10.2 Å². The first-order chi connectivity index (χ1) is 21.2. The highest BCUT2D eigenvalue weighted by Crippen LogP contribution is 2.43. The minimum atomic E-state index is -1.18. The van der Waals surface area contributed by atoms with Crippen LogP contribution in [0.1, 0.15) is 121 Å². The Balaban J connectivity index is 2.10. The van der Waals surface area contributed by atoms with Crippen molar-refractivity contribution in [2.24, 2.45) is 0 Å². The predicted molar refractivity (Wildman–Crippen MR) is 185 cm³/mol. The number of hydrogen-bond acceptors (Lipinski definition) is 2. The van der Waals surface area contributed by atoms with Gasteiger partial charge in [-0.3, -0.25) is 0 Å². The number of rotatable bonds is 10. The normalized spacial score (nSPS) is 11.8. The van der Waals surface area contributed by atoms with Crippen LogP contribution in [0.2, 0.25) is 0 Å². The zero-order valence-electron chi connectivity index (χ0n) is 27.7. The van der Waals surface area contributed by atoms with Crippen LogP contribution in [0.25, 0.3) is 43.1 Å². The van der Waals surface area contributed by atoms with Gasteiger partial charge in [0.1, 0.15) is 0 Å². The van der Waals surface area contributed by atoms with Gasteiger partial charge in [0.2, 0.25) is 0 Å². The Kier molecular flexibility index (Phi) is 8.75. The third kappa shape index (κ3) is 4.48. The van der Waals surface area contributed by atoms with Crippen molar-refractivity contribution in [2.75, 3.05) is 0 Å². The first-order valence-corrected chi connectivity index (χ1v) is 16.7. The molecule has 0 saturated heterocycles. The number of benzene rings is 5. The minimum Gasteiger partial charge on any atom is -0.478 e. The highest BCUT2D eigenvalue weighted by Gasteiger charge is 2.28. The van der Waals surface area contributed by atoms with Gasteiger partial charge in [0, 0.05) is 0 Å². The number of fused-ring (bicyclic) bond motifs is 4. The van der Waals surface area contributed by atoms with E-state index in [1.54, 1.807) is 0 Å². The number of aryl methyl sites for hydroxylation is 6. The third-order valence-electron chi connectivity index (χ3n) is 10.1. The van der Waals surface area contributed by atoms with E-state index in [0.717, 1.165) is 60.1 Å². The van der Waals surface area contributed by atoms with Crippen LogP contribution in [0, 0.1) is 0 Å². The molecule has 0 aromatic heterocycles. The number of carboxylic acid groups (broad SMARTS) is 2. The topological polar surface area (TPSA) is 74.6 Å². The molecule has 4 nitrogen and oxygen atoms in total. The second-order valence-electron chi connectivity index (χ2n) is 11.9. The van der Waals surface area contributed by atoms with Gasteiger partial charge in [0.05, 0.1) is 11.1 Å². The first-order valence-electron chi connectivity index (χ1n) is 16.7. The van der Waals surface area contributed by atoms with Crippen molar-refractivity contribution in [1.82, 2.24) is 0 Å². The maximum atomic E-state index is 12.6. The molecule has 0 heterocycles. The predicted octanol–water partition coefficient (Wildman–Crippen LogP) is 10.2. The molecule has 44 heavy (non-hydrogen) atoms. The standard InChI is InChI=1S/C40H46O4/c1-9-21-22(10-2)24(12-4)30-18-32-26(14-6)34-20-36-28(16-8)38(40(43)44)37(39(41)42)27(15-7)35(36)19-33(34)25(13-5)31(32)17-29(30)23(21)11-3/h17-20H,9-16H2,1-8H3,(H,41,42)(H,43,44). The Morgan fingerprint density at radius 2 is 0.568 bits per heavy atom. The summed E-state index contributed by atoms with van der Waals surface area (Å²) in [7, 11) is 0. The van der Waals surface area contributed by atoms with Crippen molar-refractivity contribution in [1.29, 1.82) is 0 Å². The molecule has 5 aromatic rings. The summed E-state index contributed by atoms with van der Waals surface area (Å²) in [6.45, 7) is 17.4. The van der Waals surface area contributed by atoms with Crippen LogP contribution in [0.5, 0.6) is 0 Å². The molecule has 5 aromatic carbocycles. The van der Waals surface area contributed by atoms with Gasteiger partial charge in [0.25, 0.3) is 0 Å². The Bertz CT molecular complexity index is 1850. The summed E-state index contributed by atoms with van der Waals surface area (Å²) in [5, 5.41) is 29.8. The van der Waals surface area contributed by atoms with E-state index in [9.17, 15) is 19.8 Å². The van der Waals surface area contributed by atoms with E-state index in [4.69, 9.17) is 0 Å². The van der Waals surface area contributed by atoms with Crippen molar-refractivity contribution < 1.29 is 19.8 Å². The lowest BCUT2D eigenvalue weighted by Gasteiger charge is -2.24. The van der Waals surface area contributed by atoms with Gasteiger partial charge >= 0.3 is 11.9 Å². The SMILES string of the molecule is CCc1c(CC)c(CC)c2cc3c(CC)c4cc5c(CC)c(C(=O)O)c(C(=O)O)c(CC)c5cc4c(CC)c3cc2c1CC. The summed E-state index contributed by atoms with van der Waals surface area (Å²) in [5.41, 5.74) is 9.55. The van der Waals surface area contributed by atoms with E-state index in [2.05, 4.69) is 65.8 Å². The number of carbonyl (C=O) groups is 2. The number of hydrogen-bond donors (Lipinski definition) is 2. The van der Waals surface area contributed by atoms with Gasteiger partial charge in [0.15, 0.2) is 0 Å². The Hall–Kier alpha value is -3.92. The molecule has 2 N–H and O–H groups in total. The lowest BCUT2D eigenvalue weighted by Crippen LogP contribution is -2.15. The molecule has 5 rings (SSSR count). The van der Waals surface area contributed by atoms with Gasteiger partial charge in [-0.15, -0.1) is 0 Å². The molecule has 0 aliphatic carbocycles. The molecule has 0 fully saturated rings. The molecular formula is C40H46O4. The molecule has 0 amide bonds. The van der Waals surface area contributed by atoms with E-state index in [-0.39, 0.29) is 11.1 Å². The second-order valence-corrected chi connectivity index (χ2v) is 11.9. The smallest absolute Gasteiger partial charge is 0.336 e. The Morgan fingerprint density at radius 3 is 0.773 bits per heavy atom. The molecule has 4 heteroatoms. The quantitative estimate of drug-likeness (QED) is 0.159. The van der Waals surface area contributed by atoms with Crippen molar-refractivity contribution >= 4 is 55.0 Å². The molecule has 0 atom stereocenters. The van der Waals surface area contributed by atoms with Crippen molar-refractivity contribution in [2.45, 2.75) is 107 Å². The monoisotopic (exact) mass is 590 g/mol. The first kappa shape index (κ1) is 31.5. The molecule has 230 valence electrons. The van der Waals surface area contributed by atoms with Crippen LogP contribution in [0.15, 0.2) is 24.3 Å². The Morgan fingerprint density at radius 1 is 0.364 bits per heavy atom. The van der Waals surface area contributed by atoms with Crippen molar-refractivity contribution in [3.05, 3.63) is 79.9 Å². The molecule has 0 bridgehead atoms. The van der Waals surface area contributed by atoms with Gasteiger partial charge in [-0.05, 0) is 163 Å². The molecule has 0 unspecified atom stereocenters. The van der Waals surface area contributed by atoms with E-state index >= 15 is 0 Å². The van der Waals surface area contributed by atoms with Gasteiger partial charge in [-0.1, -0.05) is 55.4 Å². The fourth-order valence-electron chi connectivity index (χ4n) is 8.38. The summed E-state index contributed by atoms with van der Waals surface area (Å²) < 4.78 is 0. The van der Waals surface area contributed by atoms with Crippen LogP contribution in [0.3, 0.4) is 0 Å². The van der Waals surface area contributed by atoms with Crippen LogP contribution >= 0.6 is 0 Å². The average Bonchev–Trinajstić information content (AvgIpc) is 3.02. The molecule has 0 aliphatic heterocycles. The highest BCUT2D eigenvalue weighted by molar-refractivity contribution is 6.17. The third-order valence-corrected chi connectivity index (χ3v) is 10.1. The largest absolute Gasteiger partial charge is 0.478 e. The maximum Gasteiger partial charge on any atom is 0.336 e. The summed E-state index contributed by atoms with van der Waals surface area (Å²) in [4.78, 5) is 25.1. The lowest BCUT2D eigenvalue weighted by molar-refractivity contribution is 0.0650. The van der Waals surface area contributed by atoms with Crippen molar-refractivity contribution in [3.63, 3.8) is 0 Å². The fraction of sp³-hybridized carbons (Fsp3) is 0.400. The van der Waals surface area contributed by atoms with Crippen LogP contribution in [0.4, 0.5) is 0 Å². The van der Waals surface area contributed by atoms with E-state index in [1.165, 1.54) is 54.9 Å². The van der Waals surface area contributed by atoms with Crippen molar-refractivity contribution in [3.8, 4) is 0 Å². The molecule has 0 radical (unpaired) electrons. The summed E-state index contributed by atoms with van der Waals surface area (Å²) in [6, 6.07) is 9.27. The van der Waals surface area contributed by atoms with Crippen LogP contribution < -0.4 is 0 Å². The average molecular weight is 591 g/mol. The molecule has 0 saturated carbocycles. The zero-order chi connectivity index (χ0) is 32.0. The number of carboxylic acids is 2. The summed E-state index contributed by atoms with van der Waals surface area (Å²) >= 11 is 0. The number of aromatic carboxylic acids is 2. The summed E-state index contributed by atoms with van der Waals surface area (Å²) in [6.07, 6.45) is 6.60. The van der Waals surface area contributed by atoms with E-state index in [1.807, 2.05) is 13.8 Å².